The maximum absolute atomic E-state index is 11.9. The lowest BCUT2D eigenvalue weighted by molar-refractivity contribution is 0.0521. The topological polar surface area (TPSA) is 54.7 Å². The molecule has 0 amide bonds. The zero-order valence-electron chi connectivity index (χ0n) is 13.2. The molecule has 21 heavy (non-hydrogen) atoms. The van der Waals surface area contributed by atoms with Crippen LogP contribution in [0.3, 0.4) is 0 Å². The van der Waals surface area contributed by atoms with Crippen molar-refractivity contribution in [3.63, 3.8) is 0 Å². The van der Waals surface area contributed by atoms with E-state index in [2.05, 4.69) is 24.1 Å². The fourth-order valence-corrected chi connectivity index (χ4v) is 2.69. The zero-order chi connectivity index (χ0) is 15.2. The number of nitrogens with one attached hydrogen (secondary N) is 1. The molecule has 5 nitrogen and oxygen atoms in total. The molecule has 0 radical (unpaired) electrons. The van der Waals surface area contributed by atoms with Crippen molar-refractivity contribution in [2.75, 3.05) is 19.7 Å². The number of hydrogen-bond donors (Lipinski definition) is 1. The standard InChI is InChI=1S/C16H26N2O3/c1-4-20-16(19)14-7-9-21-15(14)11-18(12(2)3)10-13-6-5-8-17-13/h7,9,12-13,17H,4-6,8,10-11H2,1-3H3. The molecule has 2 rings (SSSR count). The summed E-state index contributed by atoms with van der Waals surface area (Å²) in [7, 11) is 0. The van der Waals surface area contributed by atoms with Crippen molar-refractivity contribution in [3.05, 3.63) is 23.7 Å². The molecule has 0 aliphatic carbocycles. The van der Waals surface area contributed by atoms with E-state index in [1.54, 1.807) is 12.3 Å². The fraction of sp³-hybridized carbons (Fsp3) is 0.688. The van der Waals surface area contributed by atoms with Crippen LogP contribution >= 0.6 is 0 Å². The van der Waals surface area contributed by atoms with Crippen LogP contribution in [0, 0.1) is 0 Å². The van der Waals surface area contributed by atoms with Gasteiger partial charge in [-0.05, 0) is 46.2 Å². The Kier molecular flexibility index (Phi) is 5.82. The quantitative estimate of drug-likeness (QED) is 0.783. The van der Waals surface area contributed by atoms with Crippen LogP contribution in [0.5, 0.6) is 0 Å². The summed E-state index contributed by atoms with van der Waals surface area (Å²) in [5.41, 5.74) is 0.543. The molecule has 1 aliphatic rings. The van der Waals surface area contributed by atoms with Crippen LogP contribution in [0.15, 0.2) is 16.7 Å². The third-order valence-electron chi connectivity index (χ3n) is 3.94. The molecule has 0 saturated carbocycles. The largest absolute Gasteiger partial charge is 0.467 e. The Morgan fingerprint density at radius 2 is 2.38 bits per heavy atom. The summed E-state index contributed by atoms with van der Waals surface area (Å²) in [6.45, 7) is 9.24. The second-order valence-corrected chi connectivity index (χ2v) is 5.79. The van der Waals surface area contributed by atoms with E-state index in [4.69, 9.17) is 9.15 Å². The van der Waals surface area contributed by atoms with Gasteiger partial charge < -0.3 is 14.5 Å². The van der Waals surface area contributed by atoms with Crippen molar-refractivity contribution in [1.82, 2.24) is 10.2 Å². The first-order valence-corrected chi connectivity index (χ1v) is 7.82. The predicted molar refractivity (Wildman–Crippen MR) is 81.2 cm³/mol. The maximum Gasteiger partial charge on any atom is 0.341 e. The summed E-state index contributed by atoms with van der Waals surface area (Å²) in [4.78, 5) is 14.2. The monoisotopic (exact) mass is 294 g/mol. The van der Waals surface area contributed by atoms with Crippen molar-refractivity contribution in [1.29, 1.82) is 0 Å². The molecule has 1 N–H and O–H groups in total. The molecule has 2 heterocycles. The van der Waals surface area contributed by atoms with E-state index in [1.807, 2.05) is 6.92 Å². The minimum absolute atomic E-state index is 0.302. The molecule has 1 atom stereocenters. The molecular formula is C16H26N2O3. The number of carbonyl (C=O) groups is 1. The smallest absolute Gasteiger partial charge is 0.341 e. The lowest BCUT2D eigenvalue weighted by Crippen LogP contribution is -2.40. The van der Waals surface area contributed by atoms with Gasteiger partial charge in [0.1, 0.15) is 11.3 Å². The second kappa shape index (κ2) is 7.61. The third kappa shape index (κ3) is 4.32. The van der Waals surface area contributed by atoms with E-state index in [1.165, 1.54) is 12.8 Å². The first kappa shape index (κ1) is 16.0. The van der Waals surface area contributed by atoms with E-state index in [-0.39, 0.29) is 5.97 Å². The van der Waals surface area contributed by atoms with Crippen molar-refractivity contribution >= 4 is 5.97 Å². The van der Waals surface area contributed by atoms with Gasteiger partial charge in [0.05, 0.1) is 19.4 Å². The molecule has 0 bridgehead atoms. The van der Waals surface area contributed by atoms with Gasteiger partial charge in [0, 0.05) is 18.6 Å². The van der Waals surface area contributed by atoms with Crippen molar-refractivity contribution in [2.45, 2.75) is 52.2 Å². The second-order valence-electron chi connectivity index (χ2n) is 5.79. The van der Waals surface area contributed by atoms with Crippen molar-refractivity contribution in [3.8, 4) is 0 Å². The molecule has 1 fully saturated rings. The van der Waals surface area contributed by atoms with Crippen molar-refractivity contribution < 1.29 is 13.9 Å². The van der Waals surface area contributed by atoms with Gasteiger partial charge in [0.15, 0.2) is 0 Å². The van der Waals surface area contributed by atoms with Crippen LogP contribution in [0.4, 0.5) is 0 Å². The Morgan fingerprint density at radius 3 is 3.00 bits per heavy atom. The molecule has 1 unspecified atom stereocenters. The van der Waals surface area contributed by atoms with Crippen LogP contribution in [-0.2, 0) is 11.3 Å². The summed E-state index contributed by atoms with van der Waals surface area (Å²) in [6.07, 6.45) is 4.02. The molecule has 1 saturated heterocycles. The average Bonchev–Trinajstić information content (AvgIpc) is 3.09. The Labute approximate surface area is 126 Å². The van der Waals surface area contributed by atoms with Gasteiger partial charge in [-0.25, -0.2) is 4.79 Å². The van der Waals surface area contributed by atoms with Crippen molar-refractivity contribution in [2.24, 2.45) is 0 Å². The fourth-order valence-electron chi connectivity index (χ4n) is 2.69. The molecule has 1 aromatic heterocycles. The van der Waals surface area contributed by atoms with E-state index in [0.717, 1.165) is 13.1 Å². The summed E-state index contributed by atoms with van der Waals surface area (Å²) in [5.74, 6) is 0.393. The highest BCUT2D eigenvalue weighted by Crippen LogP contribution is 2.18. The molecule has 118 valence electrons. The van der Waals surface area contributed by atoms with E-state index < -0.39 is 0 Å². The van der Waals surface area contributed by atoms with Gasteiger partial charge >= 0.3 is 5.97 Å². The minimum Gasteiger partial charge on any atom is -0.467 e. The normalized spacial score (nSPS) is 18.6. The SMILES string of the molecule is CCOC(=O)c1ccoc1CN(CC1CCCN1)C(C)C. The summed E-state index contributed by atoms with van der Waals surface area (Å²) >= 11 is 0. The zero-order valence-corrected chi connectivity index (χ0v) is 13.2. The number of nitrogens with zero attached hydrogens (tertiary/aromatic N) is 1. The molecule has 1 aromatic rings. The Balaban J connectivity index is 2.02. The lowest BCUT2D eigenvalue weighted by Gasteiger charge is -2.28. The van der Waals surface area contributed by atoms with Crippen LogP contribution in [-0.4, -0.2) is 42.6 Å². The van der Waals surface area contributed by atoms with E-state index >= 15 is 0 Å². The maximum atomic E-state index is 11.9. The van der Waals surface area contributed by atoms with Crippen LogP contribution < -0.4 is 5.32 Å². The Morgan fingerprint density at radius 1 is 1.57 bits per heavy atom. The molecule has 1 aliphatic heterocycles. The highest BCUT2D eigenvalue weighted by atomic mass is 16.5. The van der Waals surface area contributed by atoms with E-state index in [9.17, 15) is 4.79 Å². The third-order valence-corrected chi connectivity index (χ3v) is 3.94. The van der Waals surface area contributed by atoms with Crippen LogP contribution in [0.2, 0.25) is 0 Å². The minimum atomic E-state index is -0.302. The lowest BCUT2D eigenvalue weighted by atomic mass is 10.1. The molecule has 5 heteroatoms. The molecule has 0 spiro atoms. The molecular weight excluding hydrogens is 268 g/mol. The number of ether oxygens (including phenoxy) is 1. The first-order chi connectivity index (χ1) is 10.1. The van der Waals surface area contributed by atoms with Gasteiger partial charge in [0.25, 0.3) is 0 Å². The summed E-state index contributed by atoms with van der Waals surface area (Å²) in [6, 6.07) is 2.63. The van der Waals surface area contributed by atoms with Gasteiger partial charge in [-0.3, -0.25) is 4.90 Å². The average molecular weight is 294 g/mol. The summed E-state index contributed by atoms with van der Waals surface area (Å²) in [5, 5.41) is 3.52. The van der Waals surface area contributed by atoms with Gasteiger partial charge in [-0.1, -0.05) is 0 Å². The van der Waals surface area contributed by atoms with Gasteiger partial charge in [-0.15, -0.1) is 0 Å². The number of hydrogen-bond acceptors (Lipinski definition) is 5. The van der Waals surface area contributed by atoms with E-state index in [0.29, 0.717) is 36.6 Å². The molecule has 0 aromatic carbocycles. The Bertz CT molecular complexity index is 450. The van der Waals surface area contributed by atoms with Crippen LogP contribution in [0.1, 0.15) is 49.7 Å². The number of furan rings is 1. The number of carbonyl (C=O) groups excluding carboxylic acids is 1. The van der Waals surface area contributed by atoms with Crippen LogP contribution in [0.25, 0.3) is 0 Å². The number of rotatable bonds is 7. The highest BCUT2D eigenvalue weighted by Gasteiger charge is 2.23. The number of esters is 1. The predicted octanol–water partition coefficient (Wildman–Crippen LogP) is 2.42. The Hall–Kier alpha value is -1.33. The summed E-state index contributed by atoms with van der Waals surface area (Å²) < 4.78 is 10.6. The first-order valence-electron chi connectivity index (χ1n) is 7.82. The van der Waals surface area contributed by atoms with Gasteiger partial charge in [0.2, 0.25) is 0 Å². The highest BCUT2D eigenvalue weighted by molar-refractivity contribution is 5.90. The van der Waals surface area contributed by atoms with Gasteiger partial charge in [-0.2, -0.15) is 0 Å².